The topological polar surface area (TPSA) is 98.7 Å². The molecule has 1 fully saturated rings. The predicted molar refractivity (Wildman–Crippen MR) is 66.0 cm³/mol. The summed E-state index contributed by atoms with van der Waals surface area (Å²) < 4.78 is 0. The van der Waals surface area contributed by atoms with E-state index in [1.165, 1.54) is 0 Å². The Morgan fingerprint density at radius 2 is 2.17 bits per heavy atom. The molecule has 6 nitrogen and oxygen atoms in total. The quantitative estimate of drug-likeness (QED) is 0.536. The van der Waals surface area contributed by atoms with Crippen molar-refractivity contribution in [1.82, 2.24) is 10.6 Å². The van der Waals surface area contributed by atoms with E-state index in [2.05, 4.69) is 10.6 Å². The molecule has 1 saturated heterocycles. The molecule has 1 aliphatic rings. The Kier molecular flexibility index (Phi) is 5.10. The van der Waals surface area contributed by atoms with Gasteiger partial charge in [-0.1, -0.05) is 13.8 Å². The molecule has 1 aliphatic heterocycles. The number of aliphatic hydroxyl groups excluding tert-OH is 1. The van der Waals surface area contributed by atoms with Gasteiger partial charge in [0.05, 0.1) is 6.61 Å². The van der Waals surface area contributed by atoms with Crippen molar-refractivity contribution in [3.05, 3.63) is 0 Å². The summed E-state index contributed by atoms with van der Waals surface area (Å²) in [5.41, 5.74) is -0.643. The molecule has 1 unspecified atom stereocenters. The van der Waals surface area contributed by atoms with E-state index in [0.717, 1.165) is 25.9 Å². The van der Waals surface area contributed by atoms with E-state index in [-0.39, 0.29) is 11.8 Å². The standard InChI is InChI=1S/C12H22N2O4/c1-12(2,8-4-3-5-13-6-8)11(18)14-9(7-15)10(16)17/h8-9,13,15H,3-7H2,1-2H3,(H,14,18)(H,16,17)/t8?,9-/m1/s1. The van der Waals surface area contributed by atoms with Gasteiger partial charge in [0, 0.05) is 5.41 Å². The van der Waals surface area contributed by atoms with Crippen molar-refractivity contribution >= 4 is 11.9 Å². The third-order valence-electron chi connectivity index (χ3n) is 3.69. The van der Waals surface area contributed by atoms with Crippen molar-refractivity contribution in [1.29, 1.82) is 0 Å². The van der Waals surface area contributed by atoms with E-state index >= 15 is 0 Å². The van der Waals surface area contributed by atoms with Crippen LogP contribution in [0.25, 0.3) is 0 Å². The fourth-order valence-electron chi connectivity index (χ4n) is 2.18. The lowest BCUT2D eigenvalue weighted by atomic mass is 9.74. The second-order valence-electron chi connectivity index (χ2n) is 5.31. The zero-order chi connectivity index (χ0) is 13.8. The van der Waals surface area contributed by atoms with Gasteiger partial charge < -0.3 is 20.8 Å². The highest BCUT2D eigenvalue weighted by molar-refractivity contribution is 5.87. The van der Waals surface area contributed by atoms with Gasteiger partial charge in [-0.3, -0.25) is 4.79 Å². The Morgan fingerprint density at radius 1 is 1.50 bits per heavy atom. The first-order valence-electron chi connectivity index (χ1n) is 6.25. The van der Waals surface area contributed by atoms with Gasteiger partial charge in [0.15, 0.2) is 0 Å². The second-order valence-corrected chi connectivity index (χ2v) is 5.31. The van der Waals surface area contributed by atoms with Crippen molar-refractivity contribution in [3.8, 4) is 0 Å². The molecule has 0 aromatic carbocycles. The lowest BCUT2D eigenvalue weighted by molar-refractivity contribution is -0.145. The number of carbonyl (C=O) groups excluding carboxylic acids is 1. The first kappa shape index (κ1) is 14.9. The van der Waals surface area contributed by atoms with E-state index in [9.17, 15) is 9.59 Å². The Balaban J connectivity index is 2.65. The van der Waals surface area contributed by atoms with Crippen LogP contribution < -0.4 is 10.6 Å². The fourth-order valence-corrected chi connectivity index (χ4v) is 2.18. The number of hydrogen-bond donors (Lipinski definition) is 4. The molecule has 1 amide bonds. The molecule has 0 radical (unpaired) electrons. The van der Waals surface area contributed by atoms with Crippen LogP contribution in [0.4, 0.5) is 0 Å². The van der Waals surface area contributed by atoms with Gasteiger partial charge >= 0.3 is 5.97 Å². The normalized spacial score (nSPS) is 22.3. The van der Waals surface area contributed by atoms with Crippen molar-refractivity contribution < 1.29 is 19.8 Å². The van der Waals surface area contributed by atoms with Gasteiger partial charge in [-0.05, 0) is 31.8 Å². The van der Waals surface area contributed by atoms with Crippen LogP contribution >= 0.6 is 0 Å². The first-order valence-corrected chi connectivity index (χ1v) is 6.25. The third-order valence-corrected chi connectivity index (χ3v) is 3.69. The van der Waals surface area contributed by atoms with Crippen LogP contribution in [0.3, 0.4) is 0 Å². The van der Waals surface area contributed by atoms with Crippen LogP contribution in [-0.2, 0) is 9.59 Å². The Labute approximate surface area is 107 Å². The van der Waals surface area contributed by atoms with Gasteiger partial charge in [-0.15, -0.1) is 0 Å². The lowest BCUT2D eigenvalue weighted by Gasteiger charge is -2.36. The number of aliphatic carboxylic acids is 1. The molecular weight excluding hydrogens is 236 g/mol. The smallest absolute Gasteiger partial charge is 0.328 e. The maximum Gasteiger partial charge on any atom is 0.328 e. The molecule has 2 atom stereocenters. The summed E-state index contributed by atoms with van der Waals surface area (Å²) in [6, 6.07) is -1.23. The third kappa shape index (κ3) is 3.43. The summed E-state index contributed by atoms with van der Waals surface area (Å²) in [6.07, 6.45) is 1.97. The van der Waals surface area contributed by atoms with Crippen molar-refractivity contribution in [2.24, 2.45) is 11.3 Å². The van der Waals surface area contributed by atoms with E-state index in [0.29, 0.717) is 0 Å². The van der Waals surface area contributed by atoms with Gasteiger partial charge in [0.25, 0.3) is 0 Å². The number of carboxylic acids is 1. The van der Waals surface area contributed by atoms with Crippen LogP contribution in [0.15, 0.2) is 0 Å². The minimum atomic E-state index is -1.23. The lowest BCUT2D eigenvalue weighted by Crippen LogP contribution is -2.52. The highest BCUT2D eigenvalue weighted by atomic mass is 16.4. The van der Waals surface area contributed by atoms with Crippen LogP contribution in [-0.4, -0.2) is 47.8 Å². The molecule has 104 valence electrons. The number of rotatable bonds is 5. The van der Waals surface area contributed by atoms with Crippen molar-refractivity contribution in [2.75, 3.05) is 19.7 Å². The molecule has 4 N–H and O–H groups in total. The molecule has 18 heavy (non-hydrogen) atoms. The molecule has 6 heteroatoms. The van der Waals surface area contributed by atoms with E-state index in [4.69, 9.17) is 10.2 Å². The minimum Gasteiger partial charge on any atom is -0.480 e. The number of hydrogen-bond acceptors (Lipinski definition) is 4. The number of carbonyl (C=O) groups is 2. The van der Waals surface area contributed by atoms with Crippen LogP contribution in [0.1, 0.15) is 26.7 Å². The Morgan fingerprint density at radius 3 is 2.61 bits per heavy atom. The second kappa shape index (κ2) is 6.15. The number of nitrogens with one attached hydrogen (secondary N) is 2. The number of piperidine rings is 1. The van der Waals surface area contributed by atoms with Crippen LogP contribution in [0, 0.1) is 11.3 Å². The van der Waals surface area contributed by atoms with Gasteiger partial charge in [0.1, 0.15) is 6.04 Å². The zero-order valence-corrected chi connectivity index (χ0v) is 10.9. The molecule has 0 spiro atoms. The molecule has 0 aromatic heterocycles. The summed E-state index contributed by atoms with van der Waals surface area (Å²) in [4.78, 5) is 22.9. The maximum absolute atomic E-state index is 12.1. The van der Waals surface area contributed by atoms with Crippen molar-refractivity contribution in [2.45, 2.75) is 32.7 Å². The van der Waals surface area contributed by atoms with Crippen LogP contribution in [0.5, 0.6) is 0 Å². The average molecular weight is 258 g/mol. The average Bonchev–Trinajstić information content (AvgIpc) is 2.36. The largest absolute Gasteiger partial charge is 0.480 e. The van der Waals surface area contributed by atoms with E-state index < -0.39 is 24.0 Å². The SMILES string of the molecule is CC(C)(C(=O)N[C@H](CO)C(=O)O)C1CCCNC1. The molecule has 1 rings (SSSR count). The Hall–Kier alpha value is -1.14. The molecule has 0 aliphatic carbocycles. The predicted octanol–water partition coefficient (Wildman–Crippen LogP) is -0.426. The summed E-state index contributed by atoms with van der Waals surface area (Å²) in [5, 5.41) is 23.4. The van der Waals surface area contributed by atoms with Crippen molar-refractivity contribution in [3.63, 3.8) is 0 Å². The molecule has 1 heterocycles. The van der Waals surface area contributed by atoms with E-state index in [1.807, 2.05) is 13.8 Å². The number of aliphatic hydroxyl groups is 1. The maximum atomic E-state index is 12.1. The van der Waals surface area contributed by atoms with Crippen LogP contribution in [0.2, 0.25) is 0 Å². The summed E-state index contributed by atoms with van der Waals surface area (Å²) in [7, 11) is 0. The molecule has 0 bridgehead atoms. The highest BCUT2D eigenvalue weighted by Gasteiger charge is 2.38. The highest BCUT2D eigenvalue weighted by Crippen LogP contribution is 2.31. The number of carboxylic acid groups (broad SMARTS) is 1. The van der Waals surface area contributed by atoms with Gasteiger partial charge in [-0.25, -0.2) is 4.79 Å². The first-order chi connectivity index (χ1) is 8.39. The summed E-state index contributed by atoms with van der Waals surface area (Å²) >= 11 is 0. The molecule has 0 saturated carbocycles. The summed E-state index contributed by atoms with van der Waals surface area (Å²) in [6.45, 7) is 4.76. The zero-order valence-electron chi connectivity index (χ0n) is 10.9. The van der Waals surface area contributed by atoms with Gasteiger partial charge in [0.2, 0.25) is 5.91 Å². The fraction of sp³-hybridized carbons (Fsp3) is 0.833. The minimum absolute atomic E-state index is 0.180. The monoisotopic (exact) mass is 258 g/mol. The molecule has 0 aromatic rings. The number of amides is 1. The summed E-state index contributed by atoms with van der Waals surface area (Å²) in [5.74, 6) is -1.36. The Bertz CT molecular complexity index is 311. The molecular formula is C12H22N2O4. The van der Waals surface area contributed by atoms with E-state index in [1.54, 1.807) is 0 Å². The van der Waals surface area contributed by atoms with Gasteiger partial charge in [-0.2, -0.15) is 0 Å².